The molecule has 0 aromatic heterocycles. The van der Waals surface area contributed by atoms with Crippen LogP contribution in [0.4, 0.5) is 0 Å². The number of carbonyl (C=O) groups is 1. The molecule has 0 aliphatic heterocycles. The number of nitrogens with zero attached hydrogens (tertiary/aromatic N) is 1. The second kappa shape index (κ2) is 9.43. The zero-order chi connectivity index (χ0) is 20.7. The van der Waals surface area contributed by atoms with Gasteiger partial charge in [0.25, 0.3) is 0 Å². The van der Waals surface area contributed by atoms with Gasteiger partial charge in [-0.25, -0.2) is 8.42 Å². The molecule has 0 saturated heterocycles. The first kappa shape index (κ1) is 21.5. The fraction of sp³-hybridized carbons (Fsp3) is 0.316. The van der Waals surface area contributed by atoms with Crippen molar-refractivity contribution in [2.24, 2.45) is 0 Å². The van der Waals surface area contributed by atoms with Crippen LogP contribution in [0.5, 0.6) is 17.2 Å². The lowest BCUT2D eigenvalue weighted by molar-refractivity contribution is -0.121. The summed E-state index contributed by atoms with van der Waals surface area (Å²) in [4.78, 5) is 12.3. The number of rotatable bonds is 9. The molecule has 2 aromatic rings. The summed E-state index contributed by atoms with van der Waals surface area (Å²) in [5.41, 5.74) is 0.798. The maximum absolute atomic E-state index is 12.6. The fourth-order valence-electron chi connectivity index (χ4n) is 2.46. The van der Waals surface area contributed by atoms with Crippen molar-refractivity contribution in [2.75, 3.05) is 34.9 Å². The summed E-state index contributed by atoms with van der Waals surface area (Å²) in [5, 5.41) is 2.70. The summed E-state index contributed by atoms with van der Waals surface area (Å²) in [5.74, 6) is 1.26. The highest BCUT2D eigenvalue weighted by Crippen LogP contribution is 2.27. The molecule has 1 N–H and O–H groups in total. The summed E-state index contributed by atoms with van der Waals surface area (Å²) in [6.45, 7) is -0.0722. The third-order valence-corrected chi connectivity index (χ3v) is 5.89. The van der Waals surface area contributed by atoms with Crippen LogP contribution in [0.15, 0.2) is 47.4 Å². The van der Waals surface area contributed by atoms with Crippen molar-refractivity contribution in [3.8, 4) is 17.2 Å². The number of benzene rings is 2. The van der Waals surface area contributed by atoms with Gasteiger partial charge in [-0.2, -0.15) is 4.31 Å². The van der Waals surface area contributed by atoms with Crippen LogP contribution in [0.2, 0.25) is 0 Å². The van der Waals surface area contributed by atoms with Crippen molar-refractivity contribution < 1.29 is 27.4 Å². The van der Waals surface area contributed by atoms with Crippen LogP contribution < -0.4 is 19.5 Å². The van der Waals surface area contributed by atoms with Crippen molar-refractivity contribution >= 4 is 15.9 Å². The SMILES string of the molecule is COc1ccc(S(=O)(=O)N(C)CC(=O)NCc2ccc(OC)c(OC)c2)cc1. The van der Waals surface area contributed by atoms with Crippen LogP contribution in [0.1, 0.15) is 5.56 Å². The lowest BCUT2D eigenvalue weighted by atomic mass is 10.2. The Hall–Kier alpha value is -2.78. The maximum atomic E-state index is 12.6. The molecule has 2 aromatic carbocycles. The van der Waals surface area contributed by atoms with E-state index < -0.39 is 15.9 Å². The Morgan fingerprint density at radius 1 is 0.964 bits per heavy atom. The minimum atomic E-state index is -3.78. The van der Waals surface area contributed by atoms with Crippen LogP contribution in [-0.4, -0.2) is 53.6 Å². The number of hydrogen-bond acceptors (Lipinski definition) is 6. The Morgan fingerprint density at radius 3 is 2.18 bits per heavy atom. The predicted molar refractivity (Wildman–Crippen MR) is 104 cm³/mol. The number of amides is 1. The molecule has 28 heavy (non-hydrogen) atoms. The molecule has 9 heteroatoms. The van der Waals surface area contributed by atoms with Crippen LogP contribution in [-0.2, 0) is 21.4 Å². The zero-order valence-electron chi connectivity index (χ0n) is 16.3. The van der Waals surface area contributed by atoms with Crippen molar-refractivity contribution in [2.45, 2.75) is 11.4 Å². The standard InChI is InChI=1S/C19H24N2O6S/c1-21(28(23,24)16-8-6-15(25-2)7-9-16)13-19(22)20-12-14-5-10-17(26-3)18(11-14)27-4/h5-11H,12-13H2,1-4H3,(H,20,22). The molecule has 0 atom stereocenters. The third-order valence-electron chi connectivity index (χ3n) is 4.07. The number of sulfonamides is 1. The zero-order valence-corrected chi connectivity index (χ0v) is 17.1. The molecule has 1 amide bonds. The van der Waals surface area contributed by atoms with E-state index in [1.165, 1.54) is 33.4 Å². The van der Waals surface area contributed by atoms with Gasteiger partial charge in [0.05, 0.1) is 32.8 Å². The van der Waals surface area contributed by atoms with E-state index in [1.807, 2.05) is 0 Å². The summed E-state index contributed by atoms with van der Waals surface area (Å²) in [6.07, 6.45) is 0. The number of hydrogen-bond donors (Lipinski definition) is 1. The Morgan fingerprint density at radius 2 is 1.61 bits per heavy atom. The first-order valence-corrected chi connectivity index (χ1v) is 9.83. The smallest absolute Gasteiger partial charge is 0.243 e. The average Bonchev–Trinajstić information content (AvgIpc) is 2.71. The van der Waals surface area contributed by atoms with Crippen LogP contribution in [0.3, 0.4) is 0 Å². The molecule has 0 radical (unpaired) electrons. The van der Waals surface area contributed by atoms with Crippen molar-refractivity contribution in [3.05, 3.63) is 48.0 Å². The first-order valence-electron chi connectivity index (χ1n) is 8.39. The highest BCUT2D eigenvalue weighted by atomic mass is 32.2. The Labute approximate surface area is 165 Å². The van der Waals surface area contributed by atoms with E-state index >= 15 is 0 Å². The molecular weight excluding hydrogens is 384 g/mol. The lowest BCUT2D eigenvalue weighted by Crippen LogP contribution is -2.38. The van der Waals surface area contributed by atoms with E-state index in [0.29, 0.717) is 17.2 Å². The molecule has 2 rings (SSSR count). The molecule has 0 spiro atoms. The molecule has 0 aliphatic rings. The Bertz CT molecular complexity index is 913. The first-order chi connectivity index (χ1) is 13.3. The van der Waals surface area contributed by atoms with Gasteiger partial charge in [0, 0.05) is 13.6 Å². The monoisotopic (exact) mass is 408 g/mol. The molecule has 0 aliphatic carbocycles. The van der Waals surface area contributed by atoms with Gasteiger partial charge in [0.15, 0.2) is 11.5 Å². The van der Waals surface area contributed by atoms with Gasteiger partial charge in [0.1, 0.15) is 5.75 Å². The Balaban J connectivity index is 1.98. The highest BCUT2D eigenvalue weighted by molar-refractivity contribution is 7.89. The minimum absolute atomic E-state index is 0.0866. The molecular formula is C19H24N2O6S. The van der Waals surface area contributed by atoms with Gasteiger partial charge >= 0.3 is 0 Å². The number of carbonyl (C=O) groups excluding carboxylic acids is 1. The lowest BCUT2D eigenvalue weighted by Gasteiger charge is -2.17. The molecule has 0 saturated carbocycles. The molecule has 8 nitrogen and oxygen atoms in total. The van der Waals surface area contributed by atoms with E-state index in [-0.39, 0.29) is 18.0 Å². The molecule has 0 bridgehead atoms. The number of methoxy groups -OCH3 is 3. The largest absolute Gasteiger partial charge is 0.497 e. The van der Waals surface area contributed by atoms with Gasteiger partial charge in [-0.1, -0.05) is 6.07 Å². The van der Waals surface area contributed by atoms with Gasteiger partial charge < -0.3 is 19.5 Å². The normalized spacial score (nSPS) is 11.2. The summed E-state index contributed by atoms with van der Waals surface area (Å²) >= 11 is 0. The Kier molecular flexibility index (Phi) is 7.24. The predicted octanol–water partition coefficient (Wildman–Crippen LogP) is 1.65. The quantitative estimate of drug-likeness (QED) is 0.678. The second-order valence-corrected chi connectivity index (χ2v) is 7.95. The van der Waals surface area contributed by atoms with E-state index in [4.69, 9.17) is 14.2 Å². The fourth-order valence-corrected chi connectivity index (χ4v) is 3.59. The number of likely N-dealkylation sites (N-methyl/N-ethyl adjacent to an activating group) is 1. The maximum Gasteiger partial charge on any atom is 0.243 e. The van der Waals surface area contributed by atoms with E-state index in [0.717, 1.165) is 9.87 Å². The summed E-state index contributed by atoms with van der Waals surface area (Å²) in [6, 6.07) is 11.3. The molecule has 152 valence electrons. The number of ether oxygens (including phenoxy) is 3. The van der Waals surface area contributed by atoms with E-state index in [9.17, 15) is 13.2 Å². The van der Waals surface area contributed by atoms with Crippen LogP contribution in [0, 0.1) is 0 Å². The third kappa shape index (κ3) is 5.14. The van der Waals surface area contributed by atoms with Crippen LogP contribution >= 0.6 is 0 Å². The van der Waals surface area contributed by atoms with Crippen molar-refractivity contribution in [1.29, 1.82) is 0 Å². The average molecular weight is 408 g/mol. The van der Waals surface area contributed by atoms with Crippen molar-refractivity contribution in [3.63, 3.8) is 0 Å². The second-order valence-electron chi connectivity index (χ2n) is 5.90. The van der Waals surface area contributed by atoms with Crippen molar-refractivity contribution in [1.82, 2.24) is 9.62 Å². The minimum Gasteiger partial charge on any atom is -0.497 e. The van der Waals surface area contributed by atoms with Gasteiger partial charge in [-0.15, -0.1) is 0 Å². The summed E-state index contributed by atoms with van der Waals surface area (Å²) < 4.78 is 41.6. The van der Waals surface area contributed by atoms with Crippen LogP contribution in [0.25, 0.3) is 0 Å². The number of nitrogens with one attached hydrogen (secondary N) is 1. The topological polar surface area (TPSA) is 94.2 Å². The van der Waals surface area contributed by atoms with Gasteiger partial charge in [-0.05, 0) is 42.0 Å². The highest BCUT2D eigenvalue weighted by Gasteiger charge is 2.23. The van der Waals surface area contributed by atoms with E-state index in [1.54, 1.807) is 37.4 Å². The molecule has 0 fully saturated rings. The summed E-state index contributed by atoms with van der Waals surface area (Å²) in [7, 11) is 2.14. The van der Waals surface area contributed by atoms with Gasteiger partial charge in [0.2, 0.25) is 15.9 Å². The molecule has 0 unspecified atom stereocenters. The van der Waals surface area contributed by atoms with Gasteiger partial charge in [-0.3, -0.25) is 4.79 Å². The molecule has 0 heterocycles. The van der Waals surface area contributed by atoms with E-state index in [2.05, 4.69) is 5.32 Å².